The van der Waals surface area contributed by atoms with Gasteiger partial charge in [0.05, 0.1) is 6.04 Å². The average molecular weight is 344 g/mol. The molecule has 0 saturated carbocycles. The Morgan fingerprint density at radius 3 is 2.15 bits per heavy atom. The number of benzene rings is 2. The van der Waals surface area contributed by atoms with Crippen LogP contribution in [0, 0.1) is 0 Å². The van der Waals surface area contributed by atoms with E-state index in [4.69, 9.17) is 5.73 Å². The lowest BCUT2D eigenvalue weighted by Gasteiger charge is -2.11. The number of thiophene rings is 1. The molecule has 100 valence electrons. The first-order valence-electron chi connectivity index (χ1n) is 6.39. The lowest BCUT2D eigenvalue weighted by atomic mass is 10.0. The zero-order valence-corrected chi connectivity index (χ0v) is 13.2. The maximum atomic E-state index is 6.31. The third kappa shape index (κ3) is 2.85. The van der Waals surface area contributed by atoms with Gasteiger partial charge in [-0.3, -0.25) is 0 Å². The van der Waals surface area contributed by atoms with Gasteiger partial charge in [-0.25, -0.2) is 0 Å². The molecule has 0 spiro atoms. The van der Waals surface area contributed by atoms with Gasteiger partial charge in [0.1, 0.15) is 0 Å². The van der Waals surface area contributed by atoms with Crippen molar-refractivity contribution in [3.63, 3.8) is 0 Å². The summed E-state index contributed by atoms with van der Waals surface area (Å²) in [5, 5.41) is 2.06. The Kier molecular flexibility index (Phi) is 4.01. The molecule has 1 unspecified atom stereocenters. The highest BCUT2D eigenvalue weighted by Crippen LogP contribution is 2.29. The summed E-state index contributed by atoms with van der Waals surface area (Å²) in [5.74, 6) is 0. The summed E-state index contributed by atoms with van der Waals surface area (Å²) in [6, 6.07) is 20.9. The standard InChI is InChI=1S/C17H14BrNS/c18-15-10-16(20-11-15)17(19)14-8-6-13(7-9-14)12-4-2-1-3-5-12/h1-11,17H,19H2. The van der Waals surface area contributed by atoms with E-state index in [2.05, 4.69) is 75.9 Å². The Hall–Kier alpha value is -1.42. The summed E-state index contributed by atoms with van der Waals surface area (Å²) in [4.78, 5) is 1.17. The second-order valence-electron chi connectivity index (χ2n) is 4.63. The predicted octanol–water partition coefficient (Wildman–Crippen LogP) is 5.23. The summed E-state index contributed by atoms with van der Waals surface area (Å²) in [6.45, 7) is 0. The minimum absolute atomic E-state index is 0.0591. The Morgan fingerprint density at radius 1 is 0.900 bits per heavy atom. The molecule has 2 N–H and O–H groups in total. The van der Waals surface area contributed by atoms with E-state index in [1.165, 1.54) is 16.0 Å². The molecule has 2 aromatic carbocycles. The molecule has 3 rings (SSSR count). The molecule has 3 aromatic rings. The molecule has 0 saturated heterocycles. The maximum Gasteiger partial charge on any atom is 0.0646 e. The van der Waals surface area contributed by atoms with Gasteiger partial charge in [0, 0.05) is 14.7 Å². The van der Waals surface area contributed by atoms with Crippen molar-refractivity contribution < 1.29 is 0 Å². The molecule has 0 fully saturated rings. The van der Waals surface area contributed by atoms with Gasteiger partial charge in [-0.1, -0.05) is 54.6 Å². The maximum absolute atomic E-state index is 6.31. The molecule has 1 heterocycles. The van der Waals surface area contributed by atoms with Crippen molar-refractivity contribution >= 4 is 27.3 Å². The van der Waals surface area contributed by atoms with Crippen molar-refractivity contribution in [3.05, 3.63) is 81.0 Å². The van der Waals surface area contributed by atoms with Crippen LogP contribution in [-0.2, 0) is 0 Å². The Morgan fingerprint density at radius 2 is 1.55 bits per heavy atom. The van der Waals surface area contributed by atoms with Gasteiger partial charge in [0.15, 0.2) is 0 Å². The molecule has 20 heavy (non-hydrogen) atoms. The molecule has 0 radical (unpaired) electrons. The summed E-state index contributed by atoms with van der Waals surface area (Å²) in [5.41, 5.74) is 9.89. The summed E-state index contributed by atoms with van der Waals surface area (Å²) < 4.78 is 1.09. The molecule has 1 aromatic heterocycles. The van der Waals surface area contributed by atoms with E-state index >= 15 is 0 Å². The van der Waals surface area contributed by atoms with Gasteiger partial charge < -0.3 is 5.73 Å². The van der Waals surface area contributed by atoms with Crippen molar-refractivity contribution in [1.29, 1.82) is 0 Å². The Bertz CT molecular complexity index is 689. The van der Waals surface area contributed by atoms with E-state index < -0.39 is 0 Å². The molecule has 3 heteroatoms. The van der Waals surface area contributed by atoms with Crippen LogP contribution < -0.4 is 5.73 Å². The minimum atomic E-state index is -0.0591. The van der Waals surface area contributed by atoms with Gasteiger partial charge in [-0.15, -0.1) is 11.3 Å². The molecule has 0 aliphatic heterocycles. The molecular formula is C17H14BrNS. The van der Waals surface area contributed by atoms with Crippen LogP contribution in [0.1, 0.15) is 16.5 Å². The third-order valence-corrected chi connectivity index (χ3v) is 5.05. The Labute approximate surface area is 131 Å². The first kappa shape index (κ1) is 13.6. The van der Waals surface area contributed by atoms with E-state index in [0.717, 1.165) is 10.0 Å². The zero-order chi connectivity index (χ0) is 13.9. The number of halogens is 1. The fourth-order valence-electron chi connectivity index (χ4n) is 2.17. The predicted molar refractivity (Wildman–Crippen MR) is 89.9 cm³/mol. The van der Waals surface area contributed by atoms with Crippen LogP contribution in [0.3, 0.4) is 0 Å². The van der Waals surface area contributed by atoms with Crippen molar-refractivity contribution in [2.45, 2.75) is 6.04 Å². The molecule has 0 bridgehead atoms. The number of hydrogen-bond acceptors (Lipinski definition) is 2. The van der Waals surface area contributed by atoms with Gasteiger partial charge in [0.25, 0.3) is 0 Å². The van der Waals surface area contributed by atoms with Crippen LogP contribution in [0.15, 0.2) is 70.5 Å². The van der Waals surface area contributed by atoms with E-state index in [1.54, 1.807) is 11.3 Å². The molecule has 1 nitrogen and oxygen atoms in total. The second kappa shape index (κ2) is 5.92. The molecular weight excluding hydrogens is 330 g/mol. The fraction of sp³-hybridized carbons (Fsp3) is 0.0588. The van der Waals surface area contributed by atoms with Gasteiger partial charge >= 0.3 is 0 Å². The van der Waals surface area contributed by atoms with Gasteiger partial charge in [-0.2, -0.15) is 0 Å². The van der Waals surface area contributed by atoms with Crippen LogP contribution in [0.4, 0.5) is 0 Å². The van der Waals surface area contributed by atoms with E-state index in [9.17, 15) is 0 Å². The van der Waals surface area contributed by atoms with Crippen molar-refractivity contribution in [2.75, 3.05) is 0 Å². The smallest absolute Gasteiger partial charge is 0.0646 e. The lowest BCUT2D eigenvalue weighted by Crippen LogP contribution is -2.09. The van der Waals surface area contributed by atoms with Crippen LogP contribution in [-0.4, -0.2) is 0 Å². The van der Waals surface area contributed by atoms with Crippen LogP contribution in [0.25, 0.3) is 11.1 Å². The van der Waals surface area contributed by atoms with Crippen molar-refractivity contribution in [3.8, 4) is 11.1 Å². The Balaban J connectivity index is 1.86. The van der Waals surface area contributed by atoms with E-state index in [1.807, 2.05) is 6.07 Å². The zero-order valence-electron chi connectivity index (χ0n) is 10.8. The van der Waals surface area contributed by atoms with Gasteiger partial charge in [-0.05, 0) is 38.7 Å². The first-order valence-corrected chi connectivity index (χ1v) is 8.06. The van der Waals surface area contributed by atoms with Crippen molar-refractivity contribution in [1.82, 2.24) is 0 Å². The summed E-state index contributed by atoms with van der Waals surface area (Å²) in [6.07, 6.45) is 0. The highest BCUT2D eigenvalue weighted by atomic mass is 79.9. The van der Waals surface area contributed by atoms with Gasteiger partial charge in [0.2, 0.25) is 0 Å². The third-order valence-electron chi connectivity index (χ3n) is 3.27. The van der Waals surface area contributed by atoms with Crippen LogP contribution in [0.5, 0.6) is 0 Å². The largest absolute Gasteiger partial charge is 0.320 e. The lowest BCUT2D eigenvalue weighted by molar-refractivity contribution is 0.893. The highest BCUT2D eigenvalue weighted by molar-refractivity contribution is 9.10. The van der Waals surface area contributed by atoms with Crippen LogP contribution in [0.2, 0.25) is 0 Å². The normalized spacial score (nSPS) is 12.3. The van der Waals surface area contributed by atoms with E-state index in [-0.39, 0.29) is 6.04 Å². The molecule has 0 aliphatic rings. The molecule has 0 aliphatic carbocycles. The second-order valence-corrected chi connectivity index (χ2v) is 6.49. The van der Waals surface area contributed by atoms with E-state index in [0.29, 0.717) is 0 Å². The molecule has 1 atom stereocenters. The first-order chi connectivity index (χ1) is 9.74. The van der Waals surface area contributed by atoms with Crippen molar-refractivity contribution in [2.24, 2.45) is 5.73 Å². The number of nitrogens with two attached hydrogens (primary N) is 1. The highest BCUT2D eigenvalue weighted by Gasteiger charge is 2.11. The topological polar surface area (TPSA) is 26.0 Å². The quantitative estimate of drug-likeness (QED) is 0.692. The minimum Gasteiger partial charge on any atom is -0.320 e. The monoisotopic (exact) mass is 343 g/mol. The fourth-order valence-corrected chi connectivity index (χ4v) is 3.64. The van der Waals surface area contributed by atoms with Crippen LogP contribution >= 0.6 is 27.3 Å². The molecule has 0 amide bonds. The summed E-state index contributed by atoms with van der Waals surface area (Å²) in [7, 11) is 0. The average Bonchev–Trinajstić information content (AvgIpc) is 2.94. The summed E-state index contributed by atoms with van der Waals surface area (Å²) >= 11 is 5.15. The number of rotatable bonds is 3. The number of hydrogen-bond donors (Lipinski definition) is 1. The SMILES string of the molecule is NC(c1ccc(-c2ccccc2)cc1)c1cc(Br)cs1.